The number of amides is 2. The van der Waals surface area contributed by atoms with E-state index in [-0.39, 0.29) is 5.92 Å². The Labute approximate surface area is 122 Å². The van der Waals surface area contributed by atoms with Crippen LogP contribution in [0.2, 0.25) is 0 Å². The molecule has 0 heterocycles. The Morgan fingerprint density at radius 2 is 1.71 bits per heavy atom. The van der Waals surface area contributed by atoms with Crippen molar-refractivity contribution >= 4 is 23.6 Å². The number of ether oxygens (including phenoxy) is 1. The molecule has 0 aliphatic heterocycles. The maximum atomic E-state index is 12.5. The van der Waals surface area contributed by atoms with E-state index in [1.807, 2.05) is 0 Å². The number of methoxy groups -OCH3 is 1. The van der Waals surface area contributed by atoms with E-state index in [4.69, 9.17) is 0 Å². The van der Waals surface area contributed by atoms with Crippen LogP contribution < -0.4 is 10.6 Å². The van der Waals surface area contributed by atoms with Crippen LogP contribution in [0.5, 0.6) is 0 Å². The molecule has 0 fully saturated rings. The summed E-state index contributed by atoms with van der Waals surface area (Å²) in [5.74, 6) is -2.99. The molecule has 7 nitrogen and oxygen atoms in total. The van der Waals surface area contributed by atoms with Gasteiger partial charge in [0.15, 0.2) is 5.78 Å². The number of nitrogens with one attached hydrogen (secondary N) is 2. The van der Waals surface area contributed by atoms with E-state index in [1.165, 1.54) is 6.92 Å². The molecule has 0 aromatic carbocycles. The van der Waals surface area contributed by atoms with Crippen LogP contribution in [0.15, 0.2) is 0 Å². The van der Waals surface area contributed by atoms with Crippen molar-refractivity contribution in [2.24, 2.45) is 5.92 Å². The van der Waals surface area contributed by atoms with E-state index >= 15 is 0 Å². The fourth-order valence-corrected chi connectivity index (χ4v) is 1.60. The molecule has 2 atom stereocenters. The summed E-state index contributed by atoms with van der Waals surface area (Å²) >= 11 is 0. The zero-order valence-corrected chi connectivity index (χ0v) is 12.6. The van der Waals surface area contributed by atoms with Crippen molar-refractivity contribution in [3.63, 3.8) is 0 Å². The number of carbonyl (C=O) groups is 4. The number of rotatable bonds is 8. The normalized spacial score (nSPS) is 13.2. The van der Waals surface area contributed by atoms with E-state index < -0.39 is 48.7 Å². The van der Waals surface area contributed by atoms with Crippen molar-refractivity contribution in [1.82, 2.24) is 10.6 Å². The lowest BCUT2D eigenvalue weighted by Crippen LogP contribution is -2.54. The summed E-state index contributed by atoms with van der Waals surface area (Å²) in [6, 6.07) is -2.19. The molecular weight excluding hydrogens is 283 g/mol. The lowest BCUT2D eigenvalue weighted by molar-refractivity contribution is -0.143. The van der Waals surface area contributed by atoms with E-state index in [9.17, 15) is 23.6 Å². The summed E-state index contributed by atoms with van der Waals surface area (Å²) in [5.41, 5.74) is 0. The lowest BCUT2D eigenvalue weighted by atomic mass is 10.0. The van der Waals surface area contributed by atoms with Crippen molar-refractivity contribution in [1.29, 1.82) is 0 Å². The van der Waals surface area contributed by atoms with Gasteiger partial charge in [-0.3, -0.25) is 19.2 Å². The van der Waals surface area contributed by atoms with Crippen molar-refractivity contribution in [3.8, 4) is 0 Å². The van der Waals surface area contributed by atoms with Crippen LogP contribution in [0.4, 0.5) is 4.39 Å². The van der Waals surface area contributed by atoms with Crippen LogP contribution in [0, 0.1) is 5.92 Å². The number of alkyl halides is 1. The minimum absolute atomic E-state index is 0.242. The monoisotopic (exact) mass is 304 g/mol. The summed E-state index contributed by atoms with van der Waals surface area (Å²) in [4.78, 5) is 45.8. The van der Waals surface area contributed by atoms with Crippen LogP contribution >= 0.6 is 0 Å². The predicted molar refractivity (Wildman–Crippen MR) is 72.0 cm³/mol. The van der Waals surface area contributed by atoms with Crippen LogP contribution in [0.3, 0.4) is 0 Å². The second-order valence-corrected chi connectivity index (χ2v) is 4.86. The second kappa shape index (κ2) is 9.04. The van der Waals surface area contributed by atoms with Crippen LogP contribution in [0.25, 0.3) is 0 Å². The van der Waals surface area contributed by atoms with Gasteiger partial charge in [0.1, 0.15) is 18.8 Å². The van der Waals surface area contributed by atoms with Crippen LogP contribution in [-0.2, 0) is 23.9 Å². The summed E-state index contributed by atoms with van der Waals surface area (Å²) in [6.07, 6.45) is -0.462. The van der Waals surface area contributed by atoms with Crippen molar-refractivity contribution in [2.45, 2.75) is 39.3 Å². The van der Waals surface area contributed by atoms with Gasteiger partial charge in [-0.05, 0) is 5.92 Å². The molecule has 0 saturated heterocycles. The molecule has 2 amide bonds. The highest BCUT2D eigenvalue weighted by atomic mass is 19.1. The summed E-state index contributed by atoms with van der Waals surface area (Å²) in [6.45, 7) is 3.34. The van der Waals surface area contributed by atoms with Gasteiger partial charge in [-0.2, -0.15) is 0 Å². The third-order valence-electron chi connectivity index (χ3n) is 2.74. The van der Waals surface area contributed by atoms with Gasteiger partial charge in [0, 0.05) is 6.92 Å². The summed E-state index contributed by atoms with van der Waals surface area (Å²) < 4.78 is 16.9. The van der Waals surface area contributed by atoms with Crippen molar-refractivity contribution in [3.05, 3.63) is 0 Å². The fraction of sp³-hybridized carbons (Fsp3) is 0.692. The van der Waals surface area contributed by atoms with Gasteiger partial charge in [-0.15, -0.1) is 0 Å². The van der Waals surface area contributed by atoms with E-state index in [2.05, 4.69) is 15.4 Å². The number of hydrogen-bond donors (Lipinski definition) is 2. The molecule has 8 heteroatoms. The Bertz CT molecular complexity index is 411. The van der Waals surface area contributed by atoms with E-state index in [1.54, 1.807) is 13.8 Å². The molecule has 0 aromatic heterocycles. The third kappa shape index (κ3) is 6.82. The van der Waals surface area contributed by atoms with Gasteiger partial charge in [-0.1, -0.05) is 13.8 Å². The van der Waals surface area contributed by atoms with Gasteiger partial charge in [0.25, 0.3) is 0 Å². The fourth-order valence-electron chi connectivity index (χ4n) is 1.60. The molecule has 0 aromatic rings. The molecular formula is C13H21FN2O5. The number of carbonyl (C=O) groups excluding carboxylic acids is 4. The molecule has 2 N–H and O–H groups in total. The maximum Gasteiger partial charge on any atom is 0.308 e. The number of esters is 1. The first-order valence-electron chi connectivity index (χ1n) is 6.45. The lowest BCUT2D eigenvalue weighted by Gasteiger charge is -2.23. The average Bonchev–Trinajstić information content (AvgIpc) is 2.42. The first kappa shape index (κ1) is 19.0. The molecule has 0 rings (SSSR count). The molecule has 0 saturated carbocycles. The molecule has 0 spiro atoms. The molecule has 0 radical (unpaired) electrons. The first-order valence-corrected chi connectivity index (χ1v) is 6.45. The Balaban J connectivity index is 4.95. The smallest absolute Gasteiger partial charge is 0.308 e. The maximum absolute atomic E-state index is 12.5. The highest BCUT2D eigenvalue weighted by Crippen LogP contribution is 2.05. The van der Waals surface area contributed by atoms with Crippen LogP contribution in [-0.4, -0.2) is 49.4 Å². The molecule has 120 valence electrons. The Morgan fingerprint density at radius 1 is 1.14 bits per heavy atom. The largest absolute Gasteiger partial charge is 0.469 e. The minimum atomic E-state index is -1.31. The molecule has 0 aliphatic rings. The number of ketones is 1. The Morgan fingerprint density at radius 3 is 2.10 bits per heavy atom. The highest BCUT2D eigenvalue weighted by molar-refractivity contribution is 5.95. The zero-order chi connectivity index (χ0) is 16.6. The first-order chi connectivity index (χ1) is 9.72. The van der Waals surface area contributed by atoms with Crippen molar-refractivity contribution in [2.75, 3.05) is 13.8 Å². The van der Waals surface area contributed by atoms with E-state index in [0.29, 0.717) is 0 Å². The van der Waals surface area contributed by atoms with Crippen LogP contribution in [0.1, 0.15) is 27.2 Å². The molecule has 21 heavy (non-hydrogen) atoms. The minimum Gasteiger partial charge on any atom is -0.469 e. The van der Waals surface area contributed by atoms with Gasteiger partial charge in [0.05, 0.1) is 13.5 Å². The van der Waals surface area contributed by atoms with Gasteiger partial charge in [0.2, 0.25) is 11.8 Å². The zero-order valence-electron chi connectivity index (χ0n) is 12.6. The summed E-state index contributed by atoms with van der Waals surface area (Å²) in [5, 5.41) is 4.71. The standard InChI is InChI=1S/C13H21FN2O5/c1-7(2)12(15-8(3)17)13(20)16-9(10(18)6-14)5-11(19)21-4/h7,9,12H,5-6H2,1-4H3,(H,15,17)(H,16,20). The number of hydrogen-bond acceptors (Lipinski definition) is 5. The van der Waals surface area contributed by atoms with Crippen molar-refractivity contribution < 1.29 is 28.3 Å². The SMILES string of the molecule is COC(=O)CC(NC(=O)C(NC(C)=O)C(C)C)C(=O)CF. The number of Topliss-reactive ketones (excluding diaryl/α,β-unsaturated/α-hetero) is 1. The topological polar surface area (TPSA) is 102 Å². The Hall–Kier alpha value is -1.99. The second-order valence-electron chi connectivity index (χ2n) is 4.86. The van der Waals surface area contributed by atoms with Gasteiger partial charge < -0.3 is 15.4 Å². The van der Waals surface area contributed by atoms with Gasteiger partial charge in [-0.25, -0.2) is 4.39 Å². The van der Waals surface area contributed by atoms with Gasteiger partial charge >= 0.3 is 5.97 Å². The molecule has 0 aliphatic carbocycles. The average molecular weight is 304 g/mol. The predicted octanol–water partition coefficient (Wildman–Crippen LogP) is -0.266. The van der Waals surface area contributed by atoms with E-state index in [0.717, 1.165) is 7.11 Å². The molecule has 2 unspecified atom stereocenters. The number of halogens is 1. The molecule has 0 bridgehead atoms. The Kier molecular flexibility index (Phi) is 8.18. The summed E-state index contributed by atoms with van der Waals surface area (Å²) in [7, 11) is 1.12. The quantitative estimate of drug-likeness (QED) is 0.601. The highest BCUT2D eigenvalue weighted by Gasteiger charge is 2.29. The third-order valence-corrected chi connectivity index (χ3v) is 2.74.